The zero-order valence-corrected chi connectivity index (χ0v) is 21.1. The van der Waals surface area contributed by atoms with Gasteiger partial charge in [0, 0.05) is 18.1 Å². The summed E-state index contributed by atoms with van der Waals surface area (Å²) in [4.78, 5) is 27.6. The number of benzene rings is 2. The van der Waals surface area contributed by atoms with Crippen molar-refractivity contribution in [2.24, 2.45) is 0 Å². The molecule has 9 heteroatoms. The maximum Gasteiger partial charge on any atom is 0.244 e. The van der Waals surface area contributed by atoms with Gasteiger partial charge < -0.3 is 10.2 Å². The van der Waals surface area contributed by atoms with E-state index in [4.69, 9.17) is 11.6 Å². The SMILES string of the molecule is CCCCNC(=O)C(C)N(Cc1ccccc1Cl)C(=O)CN(c1ccccc1C)S(C)(=O)=O. The Morgan fingerprint density at radius 1 is 1.09 bits per heavy atom. The smallest absolute Gasteiger partial charge is 0.244 e. The number of unbranched alkanes of at least 4 members (excludes halogenated alkanes) is 1. The van der Waals surface area contributed by atoms with Gasteiger partial charge in [0.15, 0.2) is 0 Å². The van der Waals surface area contributed by atoms with Gasteiger partial charge in [-0.3, -0.25) is 13.9 Å². The molecule has 0 aliphatic heterocycles. The molecular weight excluding hydrogens is 462 g/mol. The second kappa shape index (κ2) is 12.0. The van der Waals surface area contributed by atoms with Gasteiger partial charge >= 0.3 is 0 Å². The Balaban J connectivity index is 2.37. The molecule has 0 saturated heterocycles. The molecule has 0 aliphatic rings. The highest BCUT2D eigenvalue weighted by molar-refractivity contribution is 7.92. The molecule has 1 unspecified atom stereocenters. The molecule has 0 heterocycles. The van der Waals surface area contributed by atoms with Crippen LogP contribution in [0.2, 0.25) is 5.02 Å². The highest BCUT2D eigenvalue weighted by Crippen LogP contribution is 2.23. The molecule has 0 bridgehead atoms. The minimum atomic E-state index is -3.75. The summed E-state index contributed by atoms with van der Waals surface area (Å²) < 4.78 is 26.3. The van der Waals surface area contributed by atoms with E-state index in [1.54, 1.807) is 62.4 Å². The topological polar surface area (TPSA) is 86.8 Å². The van der Waals surface area contributed by atoms with Gasteiger partial charge in [0.05, 0.1) is 11.9 Å². The lowest BCUT2D eigenvalue weighted by Gasteiger charge is -2.32. The number of carbonyl (C=O) groups is 2. The van der Waals surface area contributed by atoms with Crippen molar-refractivity contribution in [1.29, 1.82) is 0 Å². The van der Waals surface area contributed by atoms with E-state index in [-0.39, 0.29) is 12.5 Å². The lowest BCUT2D eigenvalue weighted by atomic mass is 10.1. The Labute approximate surface area is 201 Å². The first-order valence-electron chi connectivity index (χ1n) is 10.9. The number of nitrogens with one attached hydrogen (secondary N) is 1. The Kier molecular flexibility index (Phi) is 9.73. The molecule has 0 saturated carbocycles. The van der Waals surface area contributed by atoms with Gasteiger partial charge in [0.25, 0.3) is 0 Å². The van der Waals surface area contributed by atoms with E-state index in [1.165, 1.54) is 4.90 Å². The minimum absolute atomic E-state index is 0.0756. The van der Waals surface area contributed by atoms with E-state index in [9.17, 15) is 18.0 Å². The van der Waals surface area contributed by atoms with Gasteiger partial charge in [0.2, 0.25) is 21.8 Å². The molecule has 2 amide bonds. The Morgan fingerprint density at radius 3 is 2.33 bits per heavy atom. The monoisotopic (exact) mass is 493 g/mol. The van der Waals surface area contributed by atoms with Crippen LogP contribution in [0.3, 0.4) is 0 Å². The van der Waals surface area contributed by atoms with Crippen LogP contribution in [0.5, 0.6) is 0 Å². The number of carbonyl (C=O) groups excluding carboxylic acids is 2. The van der Waals surface area contributed by atoms with Gasteiger partial charge in [-0.05, 0) is 43.5 Å². The van der Waals surface area contributed by atoms with E-state index in [1.807, 2.05) is 6.92 Å². The average Bonchev–Trinajstić information content (AvgIpc) is 2.76. The van der Waals surface area contributed by atoms with E-state index in [0.29, 0.717) is 22.8 Å². The summed E-state index contributed by atoms with van der Waals surface area (Å²) in [6.45, 7) is 5.59. The number of amides is 2. The Bertz CT molecular complexity index is 1070. The third-order valence-electron chi connectivity index (χ3n) is 5.36. The maximum atomic E-state index is 13.5. The summed E-state index contributed by atoms with van der Waals surface area (Å²) >= 11 is 6.31. The van der Waals surface area contributed by atoms with E-state index >= 15 is 0 Å². The molecule has 2 rings (SSSR count). The van der Waals surface area contributed by atoms with Crippen LogP contribution < -0.4 is 9.62 Å². The summed E-state index contributed by atoms with van der Waals surface area (Å²) in [6, 6.07) is 13.2. The molecule has 2 aromatic carbocycles. The third kappa shape index (κ3) is 7.47. The van der Waals surface area contributed by atoms with Crippen LogP contribution in [0, 0.1) is 6.92 Å². The Hall–Kier alpha value is -2.58. The van der Waals surface area contributed by atoms with Crippen LogP contribution in [0.25, 0.3) is 0 Å². The lowest BCUT2D eigenvalue weighted by Crippen LogP contribution is -2.51. The fourth-order valence-electron chi connectivity index (χ4n) is 3.37. The largest absolute Gasteiger partial charge is 0.354 e. The molecular formula is C24H32ClN3O4S. The predicted molar refractivity (Wildman–Crippen MR) is 133 cm³/mol. The van der Waals surface area contributed by atoms with Crippen molar-refractivity contribution in [3.63, 3.8) is 0 Å². The number of rotatable bonds is 11. The number of hydrogen-bond acceptors (Lipinski definition) is 4. The minimum Gasteiger partial charge on any atom is -0.354 e. The van der Waals surface area contributed by atoms with Crippen molar-refractivity contribution in [2.75, 3.05) is 23.7 Å². The van der Waals surface area contributed by atoms with Crippen molar-refractivity contribution < 1.29 is 18.0 Å². The molecule has 0 radical (unpaired) electrons. The van der Waals surface area contributed by atoms with Gasteiger partial charge in [0.1, 0.15) is 12.6 Å². The van der Waals surface area contributed by atoms with Crippen LogP contribution >= 0.6 is 11.6 Å². The van der Waals surface area contributed by atoms with Crippen molar-refractivity contribution in [3.05, 3.63) is 64.7 Å². The zero-order valence-electron chi connectivity index (χ0n) is 19.5. The first-order chi connectivity index (χ1) is 15.6. The number of nitrogens with zero attached hydrogens (tertiary/aromatic N) is 2. The van der Waals surface area contributed by atoms with E-state index < -0.39 is 28.5 Å². The normalized spacial score (nSPS) is 12.2. The Morgan fingerprint density at radius 2 is 1.73 bits per heavy atom. The molecule has 180 valence electrons. The summed E-state index contributed by atoms with van der Waals surface area (Å²) in [5.74, 6) is -0.799. The highest BCUT2D eigenvalue weighted by atomic mass is 35.5. The number of para-hydroxylation sites is 1. The molecule has 0 aliphatic carbocycles. The number of sulfonamides is 1. The van der Waals surface area contributed by atoms with Gasteiger partial charge in [-0.15, -0.1) is 0 Å². The molecule has 0 aromatic heterocycles. The number of hydrogen-bond donors (Lipinski definition) is 1. The quantitative estimate of drug-likeness (QED) is 0.483. The summed E-state index contributed by atoms with van der Waals surface area (Å²) in [6.07, 6.45) is 2.81. The van der Waals surface area contributed by atoms with Crippen LogP contribution in [-0.2, 0) is 26.2 Å². The standard InChI is InChI=1S/C24H32ClN3O4S/c1-5-6-15-26-24(30)19(3)27(16-20-12-8-9-13-21(20)25)23(29)17-28(33(4,31)32)22-14-10-7-11-18(22)2/h7-14,19H,5-6,15-17H2,1-4H3,(H,26,30). The third-order valence-corrected chi connectivity index (χ3v) is 6.85. The van der Waals surface area contributed by atoms with Crippen LogP contribution in [0.1, 0.15) is 37.8 Å². The highest BCUT2D eigenvalue weighted by Gasteiger charge is 2.30. The molecule has 2 aromatic rings. The van der Waals surface area contributed by atoms with Crippen molar-refractivity contribution in [1.82, 2.24) is 10.2 Å². The molecule has 7 nitrogen and oxygen atoms in total. The molecule has 33 heavy (non-hydrogen) atoms. The second-order valence-corrected chi connectivity index (χ2v) is 10.3. The number of halogens is 1. The summed E-state index contributed by atoms with van der Waals surface area (Å²) in [5, 5.41) is 3.31. The molecule has 0 fully saturated rings. The van der Waals surface area contributed by atoms with Crippen LogP contribution in [0.15, 0.2) is 48.5 Å². The average molecular weight is 494 g/mol. The van der Waals surface area contributed by atoms with E-state index in [2.05, 4.69) is 5.32 Å². The number of anilines is 1. The van der Waals surface area contributed by atoms with Gasteiger partial charge in [-0.25, -0.2) is 8.42 Å². The maximum absolute atomic E-state index is 13.5. The zero-order chi connectivity index (χ0) is 24.6. The molecule has 0 spiro atoms. The fraction of sp³-hybridized carbons (Fsp3) is 0.417. The van der Waals surface area contributed by atoms with Crippen molar-refractivity contribution in [2.45, 2.75) is 46.2 Å². The molecule has 1 N–H and O–H groups in total. The molecule has 1 atom stereocenters. The lowest BCUT2D eigenvalue weighted by molar-refractivity contribution is -0.139. The van der Waals surface area contributed by atoms with Crippen molar-refractivity contribution in [3.8, 4) is 0 Å². The first kappa shape index (κ1) is 26.7. The first-order valence-corrected chi connectivity index (χ1v) is 13.1. The van der Waals surface area contributed by atoms with Crippen molar-refractivity contribution >= 4 is 39.1 Å². The summed E-state index contributed by atoms with van der Waals surface area (Å²) in [5.41, 5.74) is 1.81. The number of aryl methyl sites for hydroxylation is 1. The van der Waals surface area contributed by atoms with Crippen LogP contribution in [0.4, 0.5) is 5.69 Å². The van der Waals surface area contributed by atoms with Gasteiger partial charge in [-0.1, -0.05) is 61.3 Å². The summed E-state index contributed by atoms with van der Waals surface area (Å²) in [7, 11) is -3.75. The fourth-order valence-corrected chi connectivity index (χ4v) is 4.47. The van der Waals surface area contributed by atoms with E-state index in [0.717, 1.165) is 29.0 Å². The van der Waals surface area contributed by atoms with Gasteiger partial charge in [-0.2, -0.15) is 0 Å². The predicted octanol–water partition coefficient (Wildman–Crippen LogP) is 3.75. The van der Waals surface area contributed by atoms with Crippen LogP contribution in [-0.4, -0.2) is 50.5 Å². The second-order valence-electron chi connectivity index (χ2n) is 7.99.